The molecule has 3 nitrogen and oxygen atoms in total. The first-order valence-electron chi connectivity index (χ1n) is 7.47. The lowest BCUT2D eigenvalue weighted by atomic mass is 10.1. The quantitative estimate of drug-likeness (QED) is 0.823. The standard InChI is InChI=1S/C18H20Cl2N2O/c1-22(12-15-7-8-16(19)17(20)11-15)13-18(23)21-10-9-14-5-3-2-4-6-14/h2-8,11H,9-10,12-13H2,1H3,(H,21,23). The first kappa shape index (κ1) is 17.8. The summed E-state index contributed by atoms with van der Waals surface area (Å²) in [7, 11) is 1.90. The van der Waals surface area contributed by atoms with Gasteiger partial charge in [0.05, 0.1) is 16.6 Å². The Morgan fingerprint density at radius 3 is 2.48 bits per heavy atom. The lowest BCUT2D eigenvalue weighted by Gasteiger charge is -2.16. The Labute approximate surface area is 147 Å². The minimum atomic E-state index is 0.0171. The van der Waals surface area contributed by atoms with Crippen LogP contribution >= 0.6 is 23.2 Å². The molecule has 23 heavy (non-hydrogen) atoms. The number of nitrogens with one attached hydrogen (secondary N) is 1. The van der Waals surface area contributed by atoms with Crippen molar-refractivity contribution in [1.82, 2.24) is 10.2 Å². The lowest BCUT2D eigenvalue weighted by Crippen LogP contribution is -2.35. The number of nitrogens with zero attached hydrogens (tertiary/aromatic N) is 1. The third kappa shape index (κ3) is 6.22. The molecule has 0 saturated carbocycles. The summed E-state index contributed by atoms with van der Waals surface area (Å²) in [4.78, 5) is 13.9. The Hall–Kier alpha value is -1.55. The third-order valence-electron chi connectivity index (χ3n) is 3.43. The number of amides is 1. The molecule has 5 heteroatoms. The first-order valence-corrected chi connectivity index (χ1v) is 8.23. The second-order valence-electron chi connectivity index (χ2n) is 5.51. The van der Waals surface area contributed by atoms with Gasteiger partial charge in [0, 0.05) is 13.1 Å². The summed E-state index contributed by atoms with van der Waals surface area (Å²) in [5.41, 5.74) is 2.25. The molecule has 0 bridgehead atoms. The van der Waals surface area contributed by atoms with E-state index in [2.05, 4.69) is 17.4 Å². The van der Waals surface area contributed by atoms with Crippen molar-refractivity contribution in [3.05, 3.63) is 69.7 Å². The number of carbonyl (C=O) groups is 1. The summed E-state index contributed by atoms with van der Waals surface area (Å²) in [5.74, 6) is 0.0171. The average Bonchev–Trinajstić information content (AvgIpc) is 2.52. The summed E-state index contributed by atoms with van der Waals surface area (Å²) >= 11 is 11.9. The highest BCUT2D eigenvalue weighted by atomic mass is 35.5. The molecule has 1 N–H and O–H groups in total. The maximum absolute atomic E-state index is 12.0. The van der Waals surface area contributed by atoms with Crippen molar-refractivity contribution in [2.24, 2.45) is 0 Å². The van der Waals surface area contributed by atoms with Crippen molar-refractivity contribution in [2.75, 3.05) is 20.1 Å². The van der Waals surface area contributed by atoms with Gasteiger partial charge < -0.3 is 5.32 Å². The summed E-state index contributed by atoms with van der Waals surface area (Å²) in [6, 6.07) is 15.6. The Bertz CT molecular complexity index is 647. The van der Waals surface area contributed by atoms with Crippen molar-refractivity contribution < 1.29 is 4.79 Å². The minimum absolute atomic E-state index is 0.0171. The molecule has 0 aliphatic heterocycles. The van der Waals surface area contributed by atoms with Gasteiger partial charge in [0.2, 0.25) is 5.91 Å². The molecular formula is C18H20Cl2N2O. The molecule has 0 aliphatic rings. The second kappa shape index (κ2) is 8.92. The van der Waals surface area contributed by atoms with Gasteiger partial charge in [-0.1, -0.05) is 59.6 Å². The van der Waals surface area contributed by atoms with Gasteiger partial charge in [0.1, 0.15) is 0 Å². The van der Waals surface area contributed by atoms with Crippen LogP contribution in [0.3, 0.4) is 0 Å². The molecule has 2 rings (SSSR count). The van der Waals surface area contributed by atoms with Gasteiger partial charge in [-0.3, -0.25) is 9.69 Å². The Kier molecular flexibility index (Phi) is 6.90. The zero-order valence-electron chi connectivity index (χ0n) is 13.1. The van der Waals surface area contributed by atoms with Gasteiger partial charge in [-0.2, -0.15) is 0 Å². The topological polar surface area (TPSA) is 32.3 Å². The van der Waals surface area contributed by atoms with Crippen LogP contribution in [-0.2, 0) is 17.8 Å². The largest absolute Gasteiger partial charge is 0.355 e. The third-order valence-corrected chi connectivity index (χ3v) is 4.17. The molecule has 0 radical (unpaired) electrons. The van der Waals surface area contributed by atoms with E-state index in [1.165, 1.54) is 5.56 Å². The predicted molar refractivity (Wildman–Crippen MR) is 96.0 cm³/mol. The fourth-order valence-corrected chi connectivity index (χ4v) is 2.62. The van der Waals surface area contributed by atoms with Gasteiger partial charge in [0.25, 0.3) is 0 Å². The molecule has 0 heterocycles. The summed E-state index contributed by atoms with van der Waals surface area (Å²) in [6.07, 6.45) is 0.836. The molecule has 1 amide bonds. The SMILES string of the molecule is CN(CC(=O)NCCc1ccccc1)Cc1ccc(Cl)c(Cl)c1. The molecule has 0 unspecified atom stereocenters. The molecule has 0 saturated heterocycles. The molecule has 122 valence electrons. The number of benzene rings is 2. The highest BCUT2D eigenvalue weighted by Crippen LogP contribution is 2.23. The molecule has 0 fully saturated rings. The van der Waals surface area contributed by atoms with Crippen LogP contribution in [0.25, 0.3) is 0 Å². The van der Waals surface area contributed by atoms with Crippen LogP contribution in [0.5, 0.6) is 0 Å². The number of hydrogen-bond donors (Lipinski definition) is 1. The van der Waals surface area contributed by atoms with Gasteiger partial charge >= 0.3 is 0 Å². The van der Waals surface area contributed by atoms with Crippen LogP contribution in [-0.4, -0.2) is 30.9 Å². The van der Waals surface area contributed by atoms with E-state index in [1.807, 2.05) is 42.3 Å². The summed E-state index contributed by atoms with van der Waals surface area (Å²) in [6.45, 7) is 1.63. The lowest BCUT2D eigenvalue weighted by molar-refractivity contribution is -0.122. The summed E-state index contributed by atoms with van der Waals surface area (Å²) in [5, 5.41) is 4.01. The molecular weight excluding hydrogens is 331 g/mol. The first-order chi connectivity index (χ1) is 11.0. The average molecular weight is 351 g/mol. The van der Waals surface area contributed by atoms with Crippen molar-refractivity contribution in [3.63, 3.8) is 0 Å². The zero-order chi connectivity index (χ0) is 16.7. The monoisotopic (exact) mass is 350 g/mol. The minimum Gasteiger partial charge on any atom is -0.355 e. The van der Waals surface area contributed by atoms with Crippen molar-refractivity contribution in [2.45, 2.75) is 13.0 Å². The maximum Gasteiger partial charge on any atom is 0.234 e. The molecule has 0 atom stereocenters. The Morgan fingerprint density at radius 2 is 1.78 bits per heavy atom. The number of halogens is 2. The molecule has 0 aromatic heterocycles. The normalized spacial score (nSPS) is 10.8. The fourth-order valence-electron chi connectivity index (χ4n) is 2.30. The van der Waals surface area contributed by atoms with E-state index in [0.29, 0.717) is 29.7 Å². The van der Waals surface area contributed by atoms with E-state index >= 15 is 0 Å². The predicted octanol–water partition coefficient (Wildman–Crippen LogP) is 3.78. The van der Waals surface area contributed by atoms with Crippen molar-refractivity contribution in [1.29, 1.82) is 0 Å². The van der Waals surface area contributed by atoms with Gasteiger partial charge in [-0.05, 0) is 36.7 Å². The number of rotatable bonds is 7. The maximum atomic E-state index is 12.0. The zero-order valence-corrected chi connectivity index (χ0v) is 14.6. The summed E-state index contributed by atoms with van der Waals surface area (Å²) < 4.78 is 0. The smallest absolute Gasteiger partial charge is 0.234 e. The van der Waals surface area contributed by atoms with Gasteiger partial charge in [0.15, 0.2) is 0 Å². The number of carbonyl (C=O) groups excluding carboxylic acids is 1. The molecule has 2 aromatic carbocycles. The van der Waals surface area contributed by atoms with Crippen LogP contribution in [0.2, 0.25) is 10.0 Å². The van der Waals surface area contributed by atoms with E-state index in [-0.39, 0.29) is 5.91 Å². The Balaban J connectivity index is 1.72. The number of hydrogen-bond acceptors (Lipinski definition) is 2. The van der Waals surface area contributed by atoms with Crippen LogP contribution in [0.4, 0.5) is 0 Å². The van der Waals surface area contributed by atoms with Crippen LogP contribution in [0, 0.1) is 0 Å². The van der Waals surface area contributed by atoms with Gasteiger partial charge in [-0.15, -0.1) is 0 Å². The van der Waals surface area contributed by atoms with E-state index in [9.17, 15) is 4.79 Å². The van der Waals surface area contributed by atoms with Crippen LogP contribution < -0.4 is 5.32 Å². The van der Waals surface area contributed by atoms with Crippen molar-refractivity contribution in [3.8, 4) is 0 Å². The highest BCUT2D eigenvalue weighted by Gasteiger charge is 2.08. The van der Waals surface area contributed by atoms with Crippen molar-refractivity contribution >= 4 is 29.1 Å². The molecule has 0 spiro atoms. The molecule has 2 aromatic rings. The second-order valence-corrected chi connectivity index (χ2v) is 6.32. The van der Waals surface area contributed by atoms with E-state index in [1.54, 1.807) is 6.07 Å². The van der Waals surface area contributed by atoms with Gasteiger partial charge in [-0.25, -0.2) is 0 Å². The number of likely N-dealkylation sites (N-methyl/N-ethyl adjacent to an activating group) is 1. The fraction of sp³-hybridized carbons (Fsp3) is 0.278. The highest BCUT2D eigenvalue weighted by molar-refractivity contribution is 6.42. The Morgan fingerprint density at radius 1 is 1.04 bits per heavy atom. The van der Waals surface area contributed by atoms with E-state index < -0.39 is 0 Å². The van der Waals surface area contributed by atoms with E-state index in [0.717, 1.165) is 12.0 Å². The van der Waals surface area contributed by atoms with Crippen LogP contribution in [0.15, 0.2) is 48.5 Å². The molecule has 0 aliphatic carbocycles. The van der Waals surface area contributed by atoms with E-state index in [4.69, 9.17) is 23.2 Å². The van der Waals surface area contributed by atoms with Crippen LogP contribution in [0.1, 0.15) is 11.1 Å².